The highest BCUT2D eigenvalue weighted by Gasteiger charge is 2.30. The number of halogens is 4. The number of anilines is 2. The van der Waals surface area contributed by atoms with E-state index in [2.05, 4.69) is 15.0 Å². The minimum Gasteiger partial charge on any atom is -0.406 e. The summed E-state index contributed by atoms with van der Waals surface area (Å²) >= 11 is 0. The summed E-state index contributed by atoms with van der Waals surface area (Å²) in [6.45, 7) is 0. The molecule has 3 rings (SSSR count). The van der Waals surface area contributed by atoms with Gasteiger partial charge in [-0.25, -0.2) is 4.98 Å². The number of hydrogen-bond acceptors (Lipinski definition) is 3. The number of benzene rings is 2. The summed E-state index contributed by atoms with van der Waals surface area (Å²) in [6, 6.07) is 15.1. The molecule has 7 heteroatoms. The van der Waals surface area contributed by atoms with Crippen molar-refractivity contribution >= 4 is 34.7 Å². The molecule has 3 aromatic rings. The van der Waals surface area contributed by atoms with Crippen molar-refractivity contribution < 1.29 is 17.9 Å². The average Bonchev–Trinajstić information content (AvgIpc) is 2.48. The Labute approximate surface area is 136 Å². The van der Waals surface area contributed by atoms with Crippen LogP contribution in [0.15, 0.2) is 60.8 Å². The molecule has 2 aromatic carbocycles. The first-order valence-corrected chi connectivity index (χ1v) is 6.48. The fraction of sp³-hybridized carbons (Fsp3) is 0.0625. The highest BCUT2D eigenvalue weighted by Crippen LogP contribution is 2.27. The smallest absolute Gasteiger partial charge is 0.406 e. The van der Waals surface area contributed by atoms with Gasteiger partial charge < -0.3 is 10.1 Å². The van der Waals surface area contributed by atoms with Crippen molar-refractivity contribution in [1.29, 1.82) is 0 Å². The molecule has 1 aromatic heterocycles. The van der Waals surface area contributed by atoms with Crippen LogP contribution in [0, 0.1) is 0 Å². The number of fused-ring (bicyclic) bond motifs is 1. The van der Waals surface area contributed by atoms with E-state index in [1.54, 1.807) is 6.20 Å². The summed E-state index contributed by atoms with van der Waals surface area (Å²) in [5.74, 6) is 0.381. The van der Waals surface area contributed by atoms with Crippen LogP contribution in [0.3, 0.4) is 0 Å². The van der Waals surface area contributed by atoms with Crippen molar-refractivity contribution in [3.8, 4) is 5.75 Å². The van der Waals surface area contributed by atoms with Crippen LogP contribution in [0.5, 0.6) is 5.75 Å². The van der Waals surface area contributed by atoms with Crippen molar-refractivity contribution in [2.24, 2.45) is 0 Å². The third kappa shape index (κ3) is 4.26. The second kappa shape index (κ2) is 6.75. The summed E-state index contributed by atoms with van der Waals surface area (Å²) in [4.78, 5) is 4.26. The Kier molecular flexibility index (Phi) is 4.95. The highest BCUT2D eigenvalue weighted by molar-refractivity contribution is 5.93. The fourth-order valence-electron chi connectivity index (χ4n) is 2.10. The predicted molar refractivity (Wildman–Crippen MR) is 85.4 cm³/mol. The predicted octanol–water partition coefficient (Wildman–Crippen LogP) is 5.30. The number of rotatable bonds is 3. The van der Waals surface area contributed by atoms with Crippen molar-refractivity contribution in [2.45, 2.75) is 6.36 Å². The van der Waals surface area contributed by atoms with Crippen LogP contribution in [-0.2, 0) is 0 Å². The van der Waals surface area contributed by atoms with Gasteiger partial charge >= 0.3 is 6.36 Å². The molecule has 1 N–H and O–H groups in total. The Bertz CT molecular complexity index is 786. The standard InChI is InChI=1S/C16H11F3N2O.ClH/c17-16(18,19)22-13-7-5-12(6-8-13)21-15-14-4-2-1-3-11(14)9-10-20-15;/h1-10H,(H,20,21);1H. The lowest BCUT2D eigenvalue weighted by molar-refractivity contribution is -0.274. The molecule has 0 aliphatic heterocycles. The van der Waals surface area contributed by atoms with Crippen molar-refractivity contribution in [3.05, 3.63) is 60.8 Å². The molecule has 0 saturated heterocycles. The lowest BCUT2D eigenvalue weighted by Crippen LogP contribution is -2.16. The van der Waals surface area contributed by atoms with E-state index in [-0.39, 0.29) is 18.2 Å². The maximum atomic E-state index is 12.1. The Balaban J connectivity index is 0.00000192. The molecule has 0 aliphatic rings. The minimum atomic E-state index is -4.69. The van der Waals surface area contributed by atoms with Gasteiger partial charge in [0.1, 0.15) is 11.6 Å². The molecule has 0 saturated carbocycles. The fourth-order valence-corrected chi connectivity index (χ4v) is 2.10. The maximum absolute atomic E-state index is 12.1. The normalized spacial score (nSPS) is 10.9. The summed E-state index contributed by atoms with van der Waals surface area (Å²) in [7, 11) is 0. The Hall–Kier alpha value is -2.47. The lowest BCUT2D eigenvalue weighted by Gasteiger charge is -2.11. The van der Waals surface area contributed by atoms with E-state index < -0.39 is 6.36 Å². The third-order valence-corrected chi connectivity index (χ3v) is 3.02. The first-order valence-electron chi connectivity index (χ1n) is 6.48. The summed E-state index contributed by atoms with van der Waals surface area (Å²) in [5.41, 5.74) is 0.623. The zero-order chi connectivity index (χ0) is 15.6. The van der Waals surface area contributed by atoms with Crippen LogP contribution < -0.4 is 10.1 Å². The minimum absolute atomic E-state index is 0. The van der Waals surface area contributed by atoms with E-state index in [1.807, 2.05) is 30.3 Å². The first-order chi connectivity index (χ1) is 10.5. The van der Waals surface area contributed by atoms with Gasteiger partial charge in [0.05, 0.1) is 0 Å². The molecule has 0 unspecified atom stereocenters. The van der Waals surface area contributed by atoms with Crippen LogP contribution in [0.25, 0.3) is 10.8 Å². The van der Waals surface area contributed by atoms with Crippen LogP contribution in [-0.4, -0.2) is 11.3 Å². The number of nitrogens with one attached hydrogen (secondary N) is 1. The topological polar surface area (TPSA) is 34.1 Å². The highest BCUT2D eigenvalue weighted by atomic mass is 35.5. The zero-order valence-corrected chi connectivity index (χ0v) is 12.5. The SMILES string of the molecule is Cl.FC(F)(F)Oc1ccc(Nc2nccc3ccccc23)cc1. The Morgan fingerprint density at radius 2 is 1.61 bits per heavy atom. The van der Waals surface area contributed by atoms with E-state index in [1.165, 1.54) is 24.3 Å². The average molecular weight is 341 g/mol. The van der Waals surface area contributed by atoms with Gasteiger partial charge in [-0.15, -0.1) is 25.6 Å². The number of aromatic nitrogens is 1. The van der Waals surface area contributed by atoms with Crippen LogP contribution in [0.4, 0.5) is 24.7 Å². The van der Waals surface area contributed by atoms with Gasteiger partial charge in [0.15, 0.2) is 0 Å². The molecular formula is C16H12ClF3N2O. The number of pyridine rings is 1. The zero-order valence-electron chi connectivity index (χ0n) is 11.7. The van der Waals surface area contributed by atoms with Gasteiger partial charge in [-0.3, -0.25) is 0 Å². The lowest BCUT2D eigenvalue weighted by atomic mass is 10.1. The molecule has 0 atom stereocenters. The quantitative estimate of drug-likeness (QED) is 0.702. The number of hydrogen-bond donors (Lipinski definition) is 1. The molecule has 0 aliphatic carbocycles. The van der Waals surface area contributed by atoms with Gasteiger partial charge in [0.25, 0.3) is 0 Å². The van der Waals surface area contributed by atoms with Crippen molar-refractivity contribution in [3.63, 3.8) is 0 Å². The molecule has 23 heavy (non-hydrogen) atoms. The second-order valence-corrected chi connectivity index (χ2v) is 4.58. The van der Waals surface area contributed by atoms with Crippen LogP contribution >= 0.6 is 12.4 Å². The van der Waals surface area contributed by atoms with Gasteiger partial charge in [-0.05, 0) is 35.7 Å². The number of nitrogens with zero attached hydrogens (tertiary/aromatic N) is 1. The van der Waals surface area contributed by atoms with E-state index in [4.69, 9.17) is 0 Å². The molecule has 0 spiro atoms. The maximum Gasteiger partial charge on any atom is 0.573 e. The van der Waals surface area contributed by atoms with Crippen molar-refractivity contribution in [2.75, 3.05) is 5.32 Å². The number of ether oxygens (including phenoxy) is 1. The summed E-state index contributed by atoms with van der Waals surface area (Å²) < 4.78 is 40.2. The monoisotopic (exact) mass is 340 g/mol. The van der Waals surface area contributed by atoms with E-state index in [0.717, 1.165) is 10.8 Å². The molecule has 1 heterocycles. The molecular weight excluding hydrogens is 329 g/mol. The molecule has 0 radical (unpaired) electrons. The number of alkyl halides is 3. The van der Waals surface area contributed by atoms with Gasteiger partial charge in [-0.2, -0.15) is 0 Å². The molecule has 120 valence electrons. The van der Waals surface area contributed by atoms with E-state index in [0.29, 0.717) is 11.5 Å². The van der Waals surface area contributed by atoms with Gasteiger partial charge in [0, 0.05) is 17.3 Å². The van der Waals surface area contributed by atoms with Crippen molar-refractivity contribution in [1.82, 2.24) is 4.98 Å². The molecule has 0 amide bonds. The summed E-state index contributed by atoms with van der Waals surface area (Å²) in [5, 5.41) is 5.05. The van der Waals surface area contributed by atoms with Crippen LogP contribution in [0.1, 0.15) is 0 Å². The Morgan fingerprint density at radius 1 is 0.913 bits per heavy atom. The van der Waals surface area contributed by atoms with Gasteiger partial charge in [0.2, 0.25) is 0 Å². The molecule has 0 bridgehead atoms. The van der Waals surface area contributed by atoms with E-state index >= 15 is 0 Å². The molecule has 0 fully saturated rings. The first kappa shape index (κ1) is 16.9. The van der Waals surface area contributed by atoms with Gasteiger partial charge in [-0.1, -0.05) is 24.3 Å². The summed E-state index contributed by atoms with van der Waals surface area (Å²) in [6.07, 6.45) is -3.02. The largest absolute Gasteiger partial charge is 0.573 e. The molecule has 3 nitrogen and oxygen atoms in total. The second-order valence-electron chi connectivity index (χ2n) is 4.58. The Morgan fingerprint density at radius 3 is 2.30 bits per heavy atom. The third-order valence-electron chi connectivity index (χ3n) is 3.02. The van der Waals surface area contributed by atoms with E-state index in [9.17, 15) is 13.2 Å². The van der Waals surface area contributed by atoms with Crippen LogP contribution in [0.2, 0.25) is 0 Å².